The Morgan fingerprint density at radius 3 is 2.61 bits per heavy atom. The Kier molecular flexibility index (Phi) is 3.93. The lowest BCUT2D eigenvalue weighted by molar-refractivity contribution is -0.136. The molecule has 0 aliphatic rings. The molecule has 23 heavy (non-hydrogen) atoms. The monoisotopic (exact) mass is 338 g/mol. The zero-order valence-electron chi connectivity index (χ0n) is 12.4. The molecule has 0 radical (unpaired) electrons. The van der Waals surface area contributed by atoms with Gasteiger partial charge in [-0.2, -0.15) is 13.2 Å². The molecule has 4 nitrogen and oxygen atoms in total. The lowest BCUT2D eigenvalue weighted by atomic mass is 10.1. The molecule has 0 saturated carbocycles. The minimum atomic E-state index is -4.43. The zero-order valence-corrected chi connectivity index (χ0v) is 13.2. The van der Waals surface area contributed by atoms with Crippen LogP contribution in [0.1, 0.15) is 15.6 Å². The Balaban J connectivity index is 2.04. The van der Waals surface area contributed by atoms with E-state index in [1.54, 1.807) is 12.1 Å². The van der Waals surface area contributed by atoms with Crippen LogP contribution >= 0.6 is 11.3 Å². The number of hydrogen-bond donors (Lipinski definition) is 0. The van der Waals surface area contributed by atoms with Crippen molar-refractivity contribution in [2.75, 3.05) is 11.9 Å². The second-order valence-corrected chi connectivity index (χ2v) is 6.37. The molecule has 0 aliphatic carbocycles. The zero-order chi connectivity index (χ0) is 16.6. The van der Waals surface area contributed by atoms with Gasteiger partial charge in [0.1, 0.15) is 10.0 Å². The third-order valence-electron chi connectivity index (χ3n) is 3.40. The number of alkyl halides is 3. The molecule has 0 saturated heterocycles. The van der Waals surface area contributed by atoms with Crippen LogP contribution < -0.4 is 4.90 Å². The van der Waals surface area contributed by atoms with Gasteiger partial charge in [-0.25, -0.2) is 0 Å². The van der Waals surface area contributed by atoms with E-state index >= 15 is 0 Å². The number of pyridine rings is 1. The maximum absolute atomic E-state index is 13.1. The van der Waals surface area contributed by atoms with Crippen LogP contribution in [-0.2, 0) is 12.7 Å². The number of aryl methyl sites for hydroxylation is 1. The molecule has 2 heterocycles. The molecule has 3 aromatic rings. The molecular formula is C15H13F3N4S. The minimum Gasteiger partial charge on any atom is -0.367 e. The average Bonchev–Trinajstić information content (AvgIpc) is 2.90. The molecule has 0 unspecified atom stereocenters. The molecular weight excluding hydrogens is 325 g/mol. The first-order chi connectivity index (χ1) is 10.9. The fraction of sp³-hybridized carbons (Fsp3) is 0.267. The number of para-hydroxylation sites is 1. The number of hydrogen-bond acceptors (Lipinski definition) is 5. The maximum Gasteiger partial charge on any atom is 0.418 e. The topological polar surface area (TPSA) is 41.9 Å². The van der Waals surface area contributed by atoms with Gasteiger partial charge in [-0.3, -0.25) is 4.98 Å². The van der Waals surface area contributed by atoms with Gasteiger partial charge in [0.25, 0.3) is 0 Å². The Morgan fingerprint density at radius 2 is 1.96 bits per heavy atom. The van der Waals surface area contributed by atoms with Crippen LogP contribution in [0, 0.1) is 6.92 Å². The van der Waals surface area contributed by atoms with E-state index < -0.39 is 11.7 Å². The summed E-state index contributed by atoms with van der Waals surface area (Å²) in [7, 11) is 1.81. The molecule has 0 spiro atoms. The van der Waals surface area contributed by atoms with Crippen LogP contribution in [0.25, 0.3) is 10.9 Å². The molecule has 0 bridgehead atoms. The summed E-state index contributed by atoms with van der Waals surface area (Å²) in [5, 5.41) is 10.1. The summed E-state index contributed by atoms with van der Waals surface area (Å²) in [6, 6.07) is 5.80. The lowest BCUT2D eigenvalue weighted by Crippen LogP contribution is -2.17. The van der Waals surface area contributed by atoms with E-state index in [4.69, 9.17) is 0 Å². The van der Waals surface area contributed by atoms with Crippen LogP contribution in [0.4, 0.5) is 18.9 Å². The summed E-state index contributed by atoms with van der Waals surface area (Å²) in [5.74, 6) is 0. The highest BCUT2D eigenvalue weighted by atomic mass is 32.1. The van der Waals surface area contributed by atoms with E-state index in [1.807, 2.05) is 18.9 Å². The highest BCUT2D eigenvalue weighted by molar-refractivity contribution is 7.11. The van der Waals surface area contributed by atoms with Crippen molar-refractivity contribution in [2.45, 2.75) is 19.6 Å². The highest BCUT2D eigenvalue weighted by Crippen LogP contribution is 2.36. The number of aromatic nitrogens is 3. The second kappa shape index (κ2) is 5.77. The Hall–Kier alpha value is -2.22. The summed E-state index contributed by atoms with van der Waals surface area (Å²) in [4.78, 5) is 5.78. The standard InChI is InChI=1S/C15H13F3N4S/c1-9-20-21-13(23-9)8-22(2)12-6-7-19-14-10(12)4-3-5-11(14)15(16,17)18/h3-7H,8H2,1-2H3. The predicted octanol–water partition coefficient (Wildman–Crippen LogP) is 4.05. The van der Waals surface area contributed by atoms with E-state index in [-0.39, 0.29) is 5.52 Å². The largest absolute Gasteiger partial charge is 0.418 e. The number of nitrogens with zero attached hydrogens (tertiary/aromatic N) is 4. The summed E-state index contributed by atoms with van der Waals surface area (Å²) in [6.45, 7) is 2.33. The van der Waals surface area contributed by atoms with Crippen molar-refractivity contribution in [3.63, 3.8) is 0 Å². The van der Waals surface area contributed by atoms with Crippen LogP contribution in [-0.4, -0.2) is 22.2 Å². The number of anilines is 1. The third-order valence-corrected chi connectivity index (χ3v) is 4.23. The average molecular weight is 338 g/mol. The van der Waals surface area contributed by atoms with Gasteiger partial charge < -0.3 is 4.90 Å². The van der Waals surface area contributed by atoms with Crippen LogP contribution in [0.5, 0.6) is 0 Å². The van der Waals surface area contributed by atoms with Gasteiger partial charge in [0.15, 0.2) is 0 Å². The second-order valence-electron chi connectivity index (χ2n) is 5.10. The van der Waals surface area contributed by atoms with Gasteiger partial charge in [-0.1, -0.05) is 23.5 Å². The number of benzene rings is 1. The highest BCUT2D eigenvalue weighted by Gasteiger charge is 2.33. The molecule has 0 N–H and O–H groups in total. The van der Waals surface area contributed by atoms with E-state index in [0.29, 0.717) is 17.6 Å². The van der Waals surface area contributed by atoms with Gasteiger partial charge in [0.2, 0.25) is 0 Å². The summed E-state index contributed by atoms with van der Waals surface area (Å²) in [6.07, 6.45) is -3.03. The van der Waals surface area contributed by atoms with E-state index in [1.165, 1.54) is 23.6 Å². The molecule has 2 aromatic heterocycles. The molecule has 3 rings (SSSR count). The summed E-state index contributed by atoms with van der Waals surface area (Å²) < 4.78 is 39.4. The lowest BCUT2D eigenvalue weighted by Gasteiger charge is -2.20. The number of fused-ring (bicyclic) bond motifs is 1. The minimum absolute atomic E-state index is 0.0437. The van der Waals surface area contributed by atoms with Crippen molar-refractivity contribution in [1.82, 2.24) is 15.2 Å². The Morgan fingerprint density at radius 1 is 1.17 bits per heavy atom. The van der Waals surface area contributed by atoms with Crippen LogP contribution in [0.3, 0.4) is 0 Å². The predicted molar refractivity (Wildman–Crippen MR) is 83.5 cm³/mol. The van der Waals surface area contributed by atoms with Gasteiger partial charge in [-0.15, -0.1) is 10.2 Å². The normalized spacial score (nSPS) is 11.9. The number of rotatable bonds is 3. The van der Waals surface area contributed by atoms with Gasteiger partial charge in [0, 0.05) is 24.3 Å². The molecule has 0 amide bonds. The van der Waals surface area contributed by atoms with Crippen LogP contribution in [0.2, 0.25) is 0 Å². The SMILES string of the molecule is Cc1nnc(CN(C)c2ccnc3c(C(F)(F)F)cccc23)s1. The van der Waals surface area contributed by atoms with Gasteiger partial charge in [0.05, 0.1) is 17.6 Å². The molecule has 120 valence electrons. The van der Waals surface area contributed by atoms with Crippen molar-refractivity contribution in [2.24, 2.45) is 0 Å². The molecule has 0 fully saturated rings. The fourth-order valence-electron chi connectivity index (χ4n) is 2.41. The van der Waals surface area contributed by atoms with Crippen LogP contribution in [0.15, 0.2) is 30.5 Å². The number of halogens is 3. The smallest absolute Gasteiger partial charge is 0.367 e. The quantitative estimate of drug-likeness (QED) is 0.722. The molecule has 0 atom stereocenters. The Bertz CT molecular complexity index is 844. The first-order valence-electron chi connectivity index (χ1n) is 6.81. The van der Waals surface area contributed by atoms with Crippen molar-refractivity contribution < 1.29 is 13.2 Å². The van der Waals surface area contributed by atoms with E-state index in [9.17, 15) is 13.2 Å². The van der Waals surface area contributed by atoms with E-state index in [0.717, 1.165) is 16.1 Å². The Labute approximate surface area is 134 Å². The third kappa shape index (κ3) is 3.12. The first kappa shape index (κ1) is 15.7. The van der Waals surface area contributed by atoms with Crippen molar-refractivity contribution >= 4 is 27.9 Å². The molecule has 8 heteroatoms. The molecule has 1 aromatic carbocycles. The fourth-order valence-corrected chi connectivity index (χ4v) is 3.18. The van der Waals surface area contributed by atoms with E-state index in [2.05, 4.69) is 15.2 Å². The van der Waals surface area contributed by atoms with Gasteiger partial charge >= 0.3 is 6.18 Å². The first-order valence-corrected chi connectivity index (χ1v) is 7.63. The van der Waals surface area contributed by atoms with Crippen molar-refractivity contribution in [3.05, 3.63) is 46.0 Å². The molecule has 0 aliphatic heterocycles. The maximum atomic E-state index is 13.1. The van der Waals surface area contributed by atoms with Crippen molar-refractivity contribution in [3.8, 4) is 0 Å². The van der Waals surface area contributed by atoms with Gasteiger partial charge in [-0.05, 0) is 19.1 Å². The summed E-state index contributed by atoms with van der Waals surface area (Å²) in [5.41, 5.74) is -0.0937. The summed E-state index contributed by atoms with van der Waals surface area (Å²) >= 11 is 1.46. The van der Waals surface area contributed by atoms with Crippen molar-refractivity contribution in [1.29, 1.82) is 0 Å².